The molecule has 2 unspecified atom stereocenters. The maximum Gasteiger partial charge on any atom is 0.268 e. The van der Waals surface area contributed by atoms with Crippen molar-refractivity contribution >= 4 is 20.6 Å². The fraction of sp³-hybridized carbons (Fsp3) is 0.588. The molecule has 1 aliphatic heterocycles. The van der Waals surface area contributed by atoms with Gasteiger partial charge in [0, 0.05) is 0 Å². The second kappa shape index (κ2) is 6.42. The highest BCUT2D eigenvalue weighted by Crippen LogP contribution is 2.34. The van der Waals surface area contributed by atoms with Gasteiger partial charge < -0.3 is 14.5 Å². The van der Waals surface area contributed by atoms with Crippen LogP contribution in [0.4, 0.5) is 5.69 Å². The van der Waals surface area contributed by atoms with E-state index in [-0.39, 0.29) is 17.4 Å². The highest BCUT2D eigenvalue weighted by Gasteiger charge is 2.38. The Morgan fingerprint density at radius 1 is 1.36 bits per heavy atom. The van der Waals surface area contributed by atoms with Crippen LogP contribution in [0.5, 0.6) is 5.75 Å². The molecule has 1 radical (unpaired) electrons. The van der Waals surface area contributed by atoms with Crippen molar-refractivity contribution in [1.82, 2.24) is 0 Å². The van der Waals surface area contributed by atoms with E-state index in [0.717, 1.165) is 23.4 Å². The zero-order valence-electron chi connectivity index (χ0n) is 14.3. The SMILES string of the molecule is Cc1ccc2c(c1)OC(C(CC(C)(C)C)O[Si](C)C)C(=O)N2. The first-order valence-electron chi connectivity index (χ1n) is 7.71. The van der Waals surface area contributed by atoms with E-state index in [1.165, 1.54) is 0 Å². The van der Waals surface area contributed by atoms with Crippen molar-refractivity contribution in [1.29, 1.82) is 0 Å². The third kappa shape index (κ3) is 4.33. The highest BCUT2D eigenvalue weighted by atomic mass is 28.3. The summed E-state index contributed by atoms with van der Waals surface area (Å²) in [5.74, 6) is 0.613. The molecule has 121 valence electrons. The van der Waals surface area contributed by atoms with Gasteiger partial charge in [-0.1, -0.05) is 26.8 Å². The van der Waals surface area contributed by atoms with Crippen LogP contribution in [-0.4, -0.2) is 27.2 Å². The molecule has 0 bridgehead atoms. The second-order valence-electron chi connectivity index (χ2n) is 7.36. The minimum Gasteiger partial charge on any atom is -0.476 e. The lowest BCUT2D eigenvalue weighted by molar-refractivity contribution is -0.128. The van der Waals surface area contributed by atoms with Gasteiger partial charge in [0.2, 0.25) is 15.1 Å². The Labute approximate surface area is 134 Å². The molecular formula is C17H26NO3Si. The van der Waals surface area contributed by atoms with Crippen LogP contribution in [0.2, 0.25) is 13.1 Å². The fourth-order valence-corrected chi connectivity index (χ4v) is 3.40. The molecule has 0 saturated carbocycles. The molecule has 1 aliphatic rings. The summed E-state index contributed by atoms with van der Waals surface area (Å²) < 4.78 is 12.1. The third-order valence-electron chi connectivity index (χ3n) is 3.45. The van der Waals surface area contributed by atoms with Gasteiger partial charge in [-0.25, -0.2) is 0 Å². The van der Waals surface area contributed by atoms with Crippen LogP contribution in [0.15, 0.2) is 18.2 Å². The molecule has 1 amide bonds. The van der Waals surface area contributed by atoms with E-state index < -0.39 is 15.1 Å². The molecule has 5 heteroatoms. The first-order valence-corrected chi connectivity index (χ1v) is 10.1. The average molecular weight is 320 g/mol. The summed E-state index contributed by atoms with van der Waals surface area (Å²) in [5, 5.41) is 2.94. The number of rotatable bonds is 4. The molecule has 2 rings (SSSR count). The predicted octanol–water partition coefficient (Wildman–Crippen LogP) is 3.77. The third-order valence-corrected chi connectivity index (χ3v) is 4.22. The van der Waals surface area contributed by atoms with Crippen molar-refractivity contribution in [2.75, 3.05) is 5.32 Å². The van der Waals surface area contributed by atoms with Gasteiger partial charge in [0.25, 0.3) is 5.91 Å². The molecule has 22 heavy (non-hydrogen) atoms. The summed E-state index contributed by atoms with van der Waals surface area (Å²) in [4.78, 5) is 12.4. The zero-order valence-corrected chi connectivity index (χ0v) is 15.3. The van der Waals surface area contributed by atoms with Crippen molar-refractivity contribution in [2.45, 2.75) is 59.4 Å². The molecule has 4 nitrogen and oxygen atoms in total. The van der Waals surface area contributed by atoms with Gasteiger partial charge in [0.1, 0.15) is 5.75 Å². The number of carbonyl (C=O) groups excluding carboxylic acids is 1. The summed E-state index contributed by atoms with van der Waals surface area (Å²) in [5.41, 5.74) is 1.91. The largest absolute Gasteiger partial charge is 0.476 e. The smallest absolute Gasteiger partial charge is 0.268 e. The van der Waals surface area contributed by atoms with E-state index >= 15 is 0 Å². The van der Waals surface area contributed by atoms with Crippen molar-refractivity contribution < 1.29 is 14.0 Å². The average Bonchev–Trinajstić information content (AvgIpc) is 2.35. The van der Waals surface area contributed by atoms with Crippen molar-refractivity contribution in [3.63, 3.8) is 0 Å². The van der Waals surface area contributed by atoms with Crippen molar-refractivity contribution in [3.8, 4) is 5.75 Å². The molecule has 0 aliphatic carbocycles. The molecular weight excluding hydrogens is 294 g/mol. The first kappa shape index (κ1) is 17.0. The Morgan fingerprint density at radius 3 is 2.64 bits per heavy atom. The lowest BCUT2D eigenvalue weighted by Gasteiger charge is -2.35. The quantitative estimate of drug-likeness (QED) is 0.859. The number of hydrogen-bond donors (Lipinski definition) is 1. The molecule has 1 aromatic rings. The Balaban J connectivity index is 2.25. The van der Waals surface area contributed by atoms with Gasteiger partial charge in [0.05, 0.1) is 11.8 Å². The van der Waals surface area contributed by atoms with Gasteiger partial charge >= 0.3 is 0 Å². The predicted molar refractivity (Wildman–Crippen MR) is 90.7 cm³/mol. The number of nitrogens with one attached hydrogen (secondary N) is 1. The zero-order chi connectivity index (χ0) is 16.5. The number of aryl methyl sites for hydroxylation is 1. The van der Waals surface area contributed by atoms with E-state index in [4.69, 9.17) is 9.16 Å². The summed E-state index contributed by atoms with van der Waals surface area (Å²) >= 11 is 0. The topological polar surface area (TPSA) is 47.6 Å². The van der Waals surface area contributed by atoms with Crippen LogP contribution in [0.25, 0.3) is 0 Å². The minimum atomic E-state index is -0.921. The van der Waals surface area contributed by atoms with Gasteiger partial charge in [-0.15, -0.1) is 0 Å². The molecule has 0 spiro atoms. The van der Waals surface area contributed by atoms with E-state index in [1.807, 2.05) is 25.1 Å². The second-order valence-corrected chi connectivity index (χ2v) is 9.41. The number of ether oxygens (including phenoxy) is 1. The minimum absolute atomic E-state index is 0.0680. The summed E-state index contributed by atoms with van der Waals surface area (Å²) in [6.07, 6.45) is -0.0341. The Kier molecular flexibility index (Phi) is 4.97. The summed E-state index contributed by atoms with van der Waals surface area (Å²) in [7, 11) is -0.921. The fourth-order valence-electron chi connectivity index (χ4n) is 2.59. The number of carbonyl (C=O) groups is 1. The van der Waals surface area contributed by atoms with Crippen LogP contribution < -0.4 is 10.1 Å². The monoisotopic (exact) mass is 320 g/mol. The summed E-state index contributed by atoms with van der Waals surface area (Å²) in [6, 6.07) is 5.80. The number of fused-ring (bicyclic) bond motifs is 1. The Morgan fingerprint density at radius 2 is 2.05 bits per heavy atom. The van der Waals surface area contributed by atoms with Crippen LogP contribution >= 0.6 is 0 Å². The van der Waals surface area contributed by atoms with E-state index in [2.05, 4.69) is 39.2 Å². The summed E-state index contributed by atoms with van der Waals surface area (Å²) in [6.45, 7) is 12.6. The molecule has 1 N–H and O–H groups in total. The Hall–Kier alpha value is -1.33. The van der Waals surface area contributed by atoms with Crippen LogP contribution in [0.3, 0.4) is 0 Å². The molecule has 2 atom stereocenters. The number of amides is 1. The Bertz CT molecular complexity index is 551. The van der Waals surface area contributed by atoms with E-state index in [9.17, 15) is 4.79 Å². The molecule has 0 aromatic heterocycles. The van der Waals surface area contributed by atoms with Crippen molar-refractivity contribution in [3.05, 3.63) is 23.8 Å². The molecule has 0 saturated heterocycles. The maximum atomic E-state index is 12.4. The molecule has 1 aromatic carbocycles. The van der Waals surface area contributed by atoms with Gasteiger partial charge in [0.15, 0.2) is 0 Å². The molecule has 1 heterocycles. The van der Waals surface area contributed by atoms with Crippen molar-refractivity contribution in [2.24, 2.45) is 5.41 Å². The molecule has 0 fully saturated rings. The lowest BCUT2D eigenvalue weighted by Crippen LogP contribution is -2.49. The van der Waals surface area contributed by atoms with Crippen LogP contribution in [-0.2, 0) is 9.22 Å². The van der Waals surface area contributed by atoms with Gasteiger partial charge in [-0.05, 0) is 49.5 Å². The van der Waals surface area contributed by atoms with Gasteiger partial charge in [-0.2, -0.15) is 0 Å². The first-order chi connectivity index (χ1) is 10.2. The van der Waals surface area contributed by atoms with Crippen LogP contribution in [0, 0.1) is 12.3 Å². The van der Waals surface area contributed by atoms with Crippen LogP contribution in [0.1, 0.15) is 32.8 Å². The van der Waals surface area contributed by atoms with E-state index in [1.54, 1.807) is 0 Å². The standard InChI is InChI=1S/C17H26NO3Si/c1-11-7-8-12-13(9-11)20-15(16(19)18-12)14(21-22(5)6)10-17(2,3)4/h7-9,14-15H,10H2,1-6H3,(H,18,19). The van der Waals surface area contributed by atoms with Gasteiger partial charge in [-0.3, -0.25) is 4.79 Å². The lowest BCUT2D eigenvalue weighted by atomic mass is 9.87. The number of hydrogen-bond acceptors (Lipinski definition) is 3. The highest BCUT2D eigenvalue weighted by molar-refractivity contribution is 6.48. The number of benzene rings is 1. The number of anilines is 1. The van der Waals surface area contributed by atoms with E-state index in [0.29, 0.717) is 0 Å². The normalized spacial score (nSPS) is 19.4. The maximum absolute atomic E-state index is 12.4.